The van der Waals surface area contributed by atoms with Crippen molar-refractivity contribution in [2.45, 2.75) is 19.9 Å². The van der Waals surface area contributed by atoms with E-state index in [-0.39, 0.29) is 11.1 Å². The number of halogens is 3. The van der Waals surface area contributed by atoms with Crippen LogP contribution in [0.25, 0.3) is 0 Å². The van der Waals surface area contributed by atoms with Crippen LogP contribution < -0.4 is 5.32 Å². The van der Waals surface area contributed by atoms with Crippen LogP contribution in [0, 0.1) is 29.9 Å². The molecule has 0 heterocycles. The Kier molecular flexibility index (Phi) is 4.44. The molecule has 5 heteroatoms. The van der Waals surface area contributed by atoms with Crippen LogP contribution in [0.3, 0.4) is 0 Å². The van der Waals surface area contributed by atoms with Crippen molar-refractivity contribution in [3.8, 4) is 6.07 Å². The summed E-state index contributed by atoms with van der Waals surface area (Å²) < 4.78 is 27.5. The molecule has 2 rings (SSSR count). The fourth-order valence-corrected chi connectivity index (χ4v) is 2.21. The fraction of sp³-hybridized carbons (Fsp3) is 0.188. The third-order valence-electron chi connectivity index (χ3n) is 3.22. The number of aryl methyl sites for hydroxylation is 1. The first-order valence-corrected chi connectivity index (χ1v) is 6.72. The van der Waals surface area contributed by atoms with Crippen LogP contribution in [-0.2, 0) is 0 Å². The molecular weight excluding hydrogens is 294 g/mol. The first kappa shape index (κ1) is 15.3. The molecule has 1 N–H and O–H groups in total. The van der Waals surface area contributed by atoms with Crippen molar-refractivity contribution >= 4 is 17.3 Å². The lowest BCUT2D eigenvalue weighted by molar-refractivity contribution is 0.571. The molecule has 1 atom stereocenters. The van der Waals surface area contributed by atoms with Crippen molar-refractivity contribution in [2.75, 3.05) is 5.32 Å². The minimum absolute atomic E-state index is 0.196. The van der Waals surface area contributed by atoms with Gasteiger partial charge in [-0.05, 0) is 49.7 Å². The Bertz CT molecular complexity index is 723. The van der Waals surface area contributed by atoms with Crippen LogP contribution >= 0.6 is 11.6 Å². The van der Waals surface area contributed by atoms with E-state index in [0.717, 1.165) is 6.07 Å². The van der Waals surface area contributed by atoms with Gasteiger partial charge in [-0.25, -0.2) is 8.78 Å². The lowest BCUT2D eigenvalue weighted by Crippen LogP contribution is -2.10. The normalized spacial score (nSPS) is 11.8. The van der Waals surface area contributed by atoms with E-state index in [1.54, 1.807) is 25.1 Å². The molecular formula is C16H13ClF2N2. The topological polar surface area (TPSA) is 35.8 Å². The monoisotopic (exact) mass is 306 g/mol. The second kappa shape index (κ2) is 6.11. The summed E-state index contributed by atoms with van der Waals surface area (Å²) in [6.07, 6.45) is 0. The van der Waals surface area contributed by atoms with Crippen molar-refractivity contribution in [2.24, 2.45) is 0 Å². The van der Waals surface area contributed by atoms with E-state index in [1.807, 2.05) is 6.07 Å². The molecule has 0 bridgehead atoms. The third kappa shape index (κ3) is 3.32. The van der Waals surface area contributed by atoms with Crippen LogP contribution in [0.1, 0.15) is 29.7 Å². The summed E-state index contributed by atoms with van der Waals surface area (Å²) in [5, 5.41) is 12.5. The maximum Gasteiger partial charge on any atom is 0.128 e. The molecule has 0 fully saturated rings. The number of nitriles is 1. The Morgan fingerprint density at radius 1 is 1.19 bits per heavy atom. The average molecular weight is 307 g/mol. The summed E-state index contributed by atoms with van der Waals surface area (Å²) in [4.78, 5) is 0. The van der Waals surface area contributed by atoms with Gasteiger partial charge in [-0.2, -0.15) is 5.26 Å². The minimum atomic E-state index is -0.509. The number of hydrogen-bond acceptors (Lipinski definition) is 2. The number of hydrogen-bond donors (Lipinski definition) is 1. The molecule has 1 unspecified atom stereocenters. The highest BCUT2D eigenvalue weighted by molar-refractivity contribution is 6.30. The van der Waals surface area contributed by atoms with E-state index in [2.05, 4.69) is 5.32 Å². The molecule has 0 saturated carbocycles. The van der Waals surface area contributed by atoms with Crippen LogP contribution in [-0.4, -0.2) is 0 Å². The molecule has 108 valence electrons. The van der Waals surface area contributed by atoms with E-state index in [0.29, 0.717) is 16.3 Å². The van der Waals surface area contributed by atoms with Gasteiger partial charge in [-0.15, -0.1) is 0 Å². The highest BCUT2D eigenvalue weighted by Crippen LogP contribution is 2.27. The van der Waals surface area contributed by atoms with Gasteiger partial charge in [-0.3, -0.25) is 0 Å². The summed E-state index contributed by atoms with van der Waals surface area (Å²) in [5.74, 6) is -0.957. The summed E-state index contributed by atoms with van der Waals surface area (Å²) >= 11 is 5.90. The van der Waals surface area contributed by atoms with Crippen molar-refractivity contribution in [3.05, 3.63) is 63.7 Å². The first-order chi connectivity index (χ1) is 9.92. The van der Waals surface area contributed by atoms with Crippen LogP contribution in [0.2, 0.25) is 5.02 Å². The first-order valence-electron chi connectivity index (χ1n) is 6.34. The van der Waals surface area contributed by atoms with Gasteiger partial charge in [0.25, 0.3) is 0 Å². The van der Waals surface area contributed by atoms with Gasteiger partial charge < -0.3 is 5.32 Å². The van der Waals surface area contributed by atoms with Gasteiger partial charge in [0.1, 0.15) is 17.7 Å². The number of benzene rings is 2. The average Bonchev–Trinajstić information content (AvgIpc) is 2.43. The lowest BCUT2D eigenvalue weighted by atomic mass is 10.0. The molecule has 0 radical (unpaired) electrons. The zero-order valence-corrected chi connectivity index (χ0v) is 12.3. The summed E-state index contributed by atoms with van der Waals surface area (Å²) in [6, 6.07) is 8.60. The minimum Gasteiger partial charge on any atom is -0.377 e. The van der Waals surface area contributed by atoms with E-state index in [9.17, 15) is 8.78 Å². The highest BCUT2D eigenvalue weighted by Gasteiger charge is 2.15. The standard InChI is InChI=1S/C16H13ClF2N2/c1-9-5-15(19)13(7-14(9)18)10(2)21-16-6-12(17)4-3-11(16)8-20/h3-7,10,21H,1-2H3. The summed E-state index contributed by atoms with van der Waals surface area (Å²) in [6.45, 7) is 3.19. The van der Waals surface area contributed by atoms with E-state index in [4.69, 9.17) is 16.9 Å². The molecule has 2 aromatic rings. The molecule has 0 amide bonds. The molecule has 0 saturated heterocycles. The third-order valence-corrected chi connectivity index (χ3v) is 3.45. The Hall–Kier alpha value is -2.12. The van der Waals surface area contributed by atoms with Gasteiger partial charge in [0.2, 0.25) is 0 Å². The second-order valence-electron chi connectivity index (χ2n) is 4.79. The van der Waals surface area contributed by atoms with Crippen LogP contribution in [0.4, 0.5) is 14.5 Å². The van der Waals surface area contributed by atoms with Crippen LogP contribution in [0.15, 0.2) is 30.3 Å². The predicted molar refractivity (Wildman–Crippen MR) is 79.3 cm³/mol. The molecule has 0 spiro atoms. The lowest BCUT2D eigenvalue weighted by Gasteiger charge is -2.18. The van der Waals surface area contributed by atoms with Crippen molar-refractivity contribution in [1.29, 1.82) is 5.26 Å². The molecule has 2 aromatic carbocycles. The van der Waals surface area contributed by atoms with Crippen molar-refractivity contribution in [1.82, 2.24) is 0 Å². The quantitative estimate of drug-likeness (QED) is 0.869. The second-order valence-corrected chi connectivity index (χ2v) is 5.23. The van der Waals surface area contributed by atoms with Gasteiger partial charge in [0.05, 0.1) is 17.3 Å². The number of rotatable bonds is 3. The SMILES string of the molecule is Cc1cc(F)c(C(C)Nc2cc(Cl)ccc2C#N)cc1F. The molecule has 0 aliphatic rings. The predicted octanol–water partition coefficient (Wildman–Crippen LogP) is 4.97. The smallest absolute Gasteiger partial charge is 0.128 e. The summed E-state index contributed by atoms with van der Waals surface area (Å²) in [5.41, 5.74) is 1.32. The van der Waals surface area contributed by atoms with Crippen molar-refractivity contribution in [3.63, 3.8) is 0 Å². The number of nitrogens with one attached hydrogen (secondary N) is 1. The van der Waals surface area contributed by atoms with Gasteiger partial charge >= 0.3 is 0 Å². The molecule has 2 nitrogen and oxygen atoms in total. The highest BCUT2D eigenvalue weighted by atomic mass is 35.5. The van der Waals surface area contributed by atoms with Gasteiger partial charge in [-0.1, -0.05) is 11.6 Å². The van der Waals surface area contributed by atoms with Gasteiger partial charge in [0, 0.05) is 10.6 Å². The Morgan fingerprint density at radius 2 is 1.90 bits per heavy atom. The fourth-order valence-electron chi connectivity index (χ4n) is 2.04. The number of anilines is 1. The summed E-state index contributed by atoms with van der Waals surface area (Å²) in [7, 11) is 0. The molecule has 0 aromatic heterocycles. The molecule has 0 aliphatic carbocycles. The molecule has 21 heavy (non-hydrogen) atoms. The Labute approximate surface area is 127 Å². The van der Waals surface area contributed by atoms with E-state index < -0.39 is 17.7 Å². The Balaban J connectivity index is 2.35. The maximum atomic E-state index is 13.9. The zero-order valence-electron chi connectivity index (χ0n) is 11.5. The van der Waals surface area contributed by atoms with Crippen molar-refractivity contribution < 1.29 is 8.78 Å². The van der Waals surface area contributed by atoms with Gasteiger partial charge in [0.15, 0.2) is 0 Å². The largest absolute Gasteiger partial charge is 0.377 e. The van der Waals surface area contributed by atoms with Crippen LogP contribution in [0.5, 0.6) is 0 Å². The van der Waals surface area contributed by atoms with E-state index in [1.165, 1.54) is 13.0 Å². The maximum absolute atomic E-state index is 13.9. The Morgan fingerprint density at radius 3 is 2.57 bits per heavy atom. The number of nitrogens with zero attached hydrogens (tertiary/aromatic N) is 1. The molecule has 0 aliphatic heterocycles. The zero-order chi connectivity index (χ0) is 15.6. The van der Waals surface area contributed by atoms with E-state index >= 15 is 0 Å².